The van der Waals surface area contributed by atoms with Crippen molar-refractivity contribution in [3.05, 3.63) is 36.2 Å². The topological polar surface area (TPSA) is 87.6 Å². The van der Waals surface area contributed by atoms with Crippen LogP contribution in [-0.4, -0.2) is 52.2 Å². The van der Waals surface area contributed by atoms with Crippen molar-refractivity contribution in [2.24, 2.45) is 17.8 Å². The SMILES string of the molecule is O=C(O)CC1C2COCC1CN(Cc1ccc3c(c1)Nc1nccnc1S3)C2. The number of likely N-dealkylation sites (tertiary alicyclic amines) is 1. The lowest BCUT2D eigenvalue weighted by atomic mass is 9.74. The first-order valence-electron chi connectivity index (χ1n) is 9.56. The molecule has 0 spiro atoms. The molecule has 28 heavy (non-hydrogen) atoms. The molecular formula is C20H22N4O3S. The number of hydrogen-bond donors (Lipinski definition) is 2. The maximum absolute atomic E-state index is 11.2. The molecule has 146 valence electrons. The van der Waals surface area contributed by atoms with Gasteiger partial charge in [-0.2, -0.15) is 0 Å². The molecule has 2 bridgehead atoms. The van der Waals surface area contributed by atoms with E-state index in [1.807, 2.05) is 0 Å². The number of aliphatic carboxylic acids is 1. The molecule has 1 aromatic heterocycles. The summed E-state index contributed by atoms with van der Waals surface area (Å²) in [6.07, 6.45) is 3.66. The fraction of sp³-hybridized carbons (Fsp3) is 0.450. The van der Waals surface area contributed by atoms with E-state index in [2.05, 4.69) is 38.4 Å². The van der Waals surface area contributed by atoms with Crippen LogP contribution in [0.4, 0.5) is 11.5 Å². The van der Waals surface area contributed by atoms with E-state index < -0.39 is 5.97 Å². The van der Waals surface area contributed by atoms with Crippen molar-refractivity contribution in [2.75, 3.05) is 31.6 Å². The Morgan fingerprint density at radius 2 is 2.04 bits per heavy atom. The second-order valence-electron chi connectivity index (χ2n) is 7.78. The number of benzene rings is 1. The van der Waals surface area contributed by atoms with Gasteiger partial charge in [-0.3, -0.25) is 9.69 Å². The molecule has 1 aromatic carbocycles. The number of ether oxygens (including phenoxy) is 1. The first kappa shape index (κ1) is 17.9. The van der Waals surface area contributed by atoms with Gasteiger partial charge in [-0.1, -0.05) is 17.8 Å². The van der Waals surface area contributed by atoms with Crippen LogP contribution in [0.2, 0.25) is 0 Å². The third kappa shape index (κ3) is 3.47. The molecule has 3 aliphatic rings. The minimum absolute atomic E-state index is 0.235. The third-order valence-corrected chi connectivity index (χ3v) is 6.91. The van der Waals surface area contributed by atoms with Crippen molar-refractivity contribution >= 4 is 29.2 Å². The van der Waals surface area contributed by atoms with Gasteiger partial charge in [-0.05, 0) is 35.4 Å². The lowest BCUT2D eigenvalue weighted by Gasteiger charge is -2.46. The Labute approximate surface area is 167 Å². The second-order valence-corrected chi connectivity index (χ2v) is 8.81. The monoisotopic (exact) mass is 398 g/mol. The van der Waals surface area contributed by atoms with Crippen molar-refractivity contribution in [2.45, 2.75) is 22.9 Å². The summed E-state index contributed by atoms with van der Waals surface area (Å²) in [6, 6.07) is 6.50. The van der Waals surface area contributed by atoms with E-state index in [-0.39, 0.29) is 12.3 Å². The summed E-state index contributed by atoms with van der Waals surface area (Å²) in [4.78, 5) is 23.6. The number of nitrogens with one attached hydrogen (secondary N) is 1. The highest BCUT2D eigenvalue weighted by atomic mass is 32.2. The Balaban J connectivity index is 1.30. The van der Waals surface area contributed by atoms with Gasteiger partial charge < -0.3 is 15.2 Å². The number of piperidine rings is 1. The molecule has 0 saturated carbocycles. The zero-order valence-corrected chi connectivity index (χ0v) is 16.2. The molecule has 4 heterocycles. The minimum atomic E-state index is -0.697. The molecule has 2 saturated heterocycles. The van der Waals surface area contributed by atoms with E-state index in [1.165, 1.54) is 5.56 Å². The molecule has 0 radical (unpaired) electrons. The van der Waals surface area contributed by atoms with Crippen LogP contribution in [0, 0.1) is 17.8 Å². The van der Waals surface area contributed by atoms with Gasteiger partial charge in [-0.15, -0.1) is 0 Å². The standard InChI is InChI=1S/C20H22N4O3S/c25-18(26)6-15-13-8-24(9-14(15)11-27-10-13)7-12-1-2-17-16(5-12)23-19-20(28-17)22-4-3-21-19/h1-5,13-15H,6-11H2,(H,21,23)(H,25,26). The van der Waals surface area contributed by atoms with Gasteiger partial charge in [0, 0.05) is 43.3 Å². The van der Waals surface area contributed by atoms with Gasteiger partial charge in [0.2, 0.25) is 0 Å². The summed E-state index contributed by atoms with van der Waals surface area (Å²) in [5.41, 5.74) is 2.31. The Morgan fingerprint density at radius 3 is 2.82 bits per heavy atom. The number of nitrogens with zero attached hydrogens (tertiary/aromatic N) is 3. The van der Waals surface area contributed by atoms with E-state index >= 15 is 0 Å². The molecule has 2 fully saturated rings. The van der Waals surface area contributed by atoms with E-state index in [0.717, 1.165) is 41.1 Å². The number of aromatic nitrogens is 2. The van der Waals surface area contributed by atoms with Crippen LogP contribution in [0.1, 0.15) is 12.0 Å². The molecule has 7 nitrogen and oxygen atoms in total. The van der Waals surface area contributed by atoms with Crippen LogP contribution in [0.15, 0.2) is 40.5 Å². The van der Waals surface area contributed by atoms with Gasteiger partial charge >= 0.3 is 5.97 Å². The smallest absolute Gasteiger partial charge is 0.303 e. The number of hydrogen-bond acceptors (Lipinski definition) is 7. The number of rotatable bonds is 4. The first-order chi connectivity index (χ1) is 13.7. The van der Waals surface area contributed by atoms with E-state index in [9.17, 15) is 9.90 Å². The van der Waals surface area contributed by atoms with Gasteiger partial charge in [-0.25, -0.2) is 9.97 Å². The quantitative estimate of drug-likeness (QED) is 0.694. The molecule has 0 amide bonds. The molecule has 2 N–H and O–H groups in total. The van der Waals surface area contributed by atoms with Gasteiger partial charge in [0.05, 0.1) is 18.9 Å². The molecule has 5 rings (SSSR count). The molecule has 2 unspecified atom stereocenters. The largest absolute Gasteiger partial charge is 0.481 e. The molecule has 0 aliphatic carbocycles. The van der Waals surface area contributed by atoms with E-state index in [1.54, 1.807) is 24.2 Å². The van der Waals surface area contributed by atoms with E-state index in [0.29, 0.717) is 25.0 Å². The van der Waals surface area contributed by atoms with Crippen LogP contribution in [0.25, 0.3) is 0 Å². The first-order valence-corrected chi connectivity index (χ1v) is 10.4. The minimum Gasteiger partial charge on any atom is -0.481 e. The predicted octanol–water partition coefficient (Wildman–Crippen LogP) is 2.85. The van der Waals surface area contributed by atoms with Gasteiger partial charge in [0.25, 0.3) is 0 Å². The maximum Gasteiger partial charge on any atom is 0.303 e. The normalized spacial score (nSPS) is 26.1. The molecule has 3 aliphatic heterocycles. The lowest BCUT2D eigenvalue weighted by Crippen LogP contribution is -2.52. The maximum atomic E-state index is 11.2. The number of carbonyl (C=O) groups is 1. The van der Waals surface area contributed by atoms with Crippen LogP contribution in [0.3, 0.4) is 0 Å². The van der Waals surface area contributed by atoms with E-state index in [4.69, 9.17) is 4.74 Å². The van der Waals surface area contributed by atoms with Crippen molar-refractivity contribution < 1.29 is 14.6 Å². The Kier molecular flexibility index (Phi) is 4.70. The summed E-state index contributed by atoms with van der Waals surface area (Å²) < 4.78 is 5.71. The van der Waals surface area contributed by atoms with Crippen LogP contribution in [0.5, 0.6) is 0 Å². The zero-order chi connectivity index (χ0) is 19.1. The zero-order valence-electron chi connectivity index (χ0n) is 15.4. The van der Waals surface area contributed by atoms with Gasteiger partial charge in [0.1, 0.15) is 5.03 Å². The number of carboxylic acids is 1. The molecule has 2 aromatic rings. The average Bonchev–Trinajstić information content (AvgIpc) is 2.66. The van der Waals surface area contributed by atoms with Crippen LogP contribution in [-0.2, 0) is 16.1 Å². The van der Waals surface area contributed by atoms with Gasteiger partial charge in [0.15, 0.2) is 5.82 Å². The van der Waals surface area contributed by atoms with Crippen molar-refractivity contribution in [3.8, 4) is 0 Å². The Bertz CT molecular complexity index is 895. The summed E-state index contributed by atoms with van der Waals surface area (Å²) in [5.74, 6) is 0.948. The summed E-state index contributed by atoms with van der Waals surface area (Å²) in [6.45, 7) is 3.98. The summed E-state index contributed by atoms with van der Waals surface area (Å²) >= 11 is 1.63. The Morgan fingerprint density at radius 1 is 1.25 bits per heavy atom. The van der Waals surface area contributed by atoms with Crippen LogP contribution >= 0.6 is 11.8 Å². The van der Waals surface area contributed by atoms with Crippen molar-refractivity contribution in [1.82, 2.24) is 14.9 Å². The highest BCUT2D eigenvalue weighted by molar-refractivity contribution is 7.99. The highest BCUT2D eigenvalue weighted by Crippen LogP contribution is 2.42. The fourth-order valence-corrected chi connectivity index (χ4v) is 5.50. The molecule has 8 heteroatoms. The third-order valence-electron chi connectivity index (χ3n) is 5.85. The summed E-state index contributed by atoms with van der Waals surface area (Å²) in [7, 11) is 0. The number of carboxylic acid groups (broad SMARTS) is 1. The molecular weight excluding hydrogens is 376 g/mol. The van der Waals surface area contributed by atoms with Crippen LogP contribution < -0.4 is 5.32 Å². The number of fused-ring (bicyclic) bond motifs is 4. The number of anilines is 2. The Hall–Kier alpha value is -2.16. The predicted molar refractivity (Wildman–Crippen MR) is 105 cm³/mol. The molecule has 2 atom stereocenters. The second kappa shape index (κ2) is 7.35. The van der Waals surface area contributed by atoms with Crippen molar-refractivity contribution in [1.29, 1.82) is 0 Å². The highest BCUT2D eigenvalue weighted by Gasteiger charge is 2.41. The average molecular weight is 398 g/mol. The van der Waals surface area contributed by atoms with Crippen molar-refractivity contribution in [3.63, 3.8) is 0 Å². The lowest BCUT2D eigenvalue weighted by molar-refractivity contribution is -0.144. The fourth-order valence-electron chi connectivity index (χ4n) is 4.62. The summed E-state index contributed by atoms with van der Waals surface area (Å²) in [5, 5.41) is 13.5.